The molecular weight excluding hydrogens is 262 g/mol. The third kappa shape index (κ3) is 2.75. The van der Waals surface area contributed by atoms with E-state index in [0.29, 0.717) is 6.04 Å². The Kier molecular flexibility index (Phi) is 4.11. The number of ether oxygens (including phenoxy) is 1. The highest BCUT2D eigenvalue weighted by Gasteiger charge is 2.46. The fourth-order valence-corrected chi connectivity index (χ4v) is 3.93. The van der Waals surface area contributed by atoms with Crippen LogP contribution >= 0.6 is 0 Å². The molecule has 2 aliphatic rings. The normalized spacial score (nSPS) is 30.9. The molecule has 0 aliphatic carbocycles. The first-order valence-electron chi connectivity index (χ1n) is 7.76. The number of nitrogens with one attached hydrogen (secondary N) is 1. The van der Waals surface area contributed by atoms with Crippen LogP contribution in [0.15, 0.2) is 36.9 Å². The Balaban J connectivity index is 1.87. The molecule has 0 saturated carbocycles. The highest BCUT2D eigenvalue weighted by Crippen LogP contribution is 2.42. The average molecular weight is 285 g/mol. The van der Waals surface area contributed by atoms with Crippen molar-refractivity contribution in [3.63, 3.8) is 0 Å². The van der Waals surface area contributed by atoms with Crippen molar-refractivity contribution in [3.8, 4) is 0 Å². The quantitative estimate of drug-likeness (QED) is 0.683. The van der Waals surface area contributed by atoms with Crippen LogP contribution in [0.2, 0.25) is 0 Å². The Morgan fingerprint density at radius 2 is 2.14 bits per heavy atom. The molecular formula is C18H23NO2. The number of allylic oxidation sites excluding steroid dienone is 1. The van der Waals surface area contributed by atoms with Crippen LogP contribution in [0.5, 0.6) is 0 Å². The van der Waals surface area contributed by atoms with Crippen LogP contribution in [0.4, 0.5) is 0 Å². The molecule has 4 atom stereocenters. The smallest absolute Gasteiger partial charge is 0.310 e. The third-order valence-corrected chi connectivity index (χ3v) is 4.94. The lowest BCUT2D eigenvalue weighted by Gasteiger charge is -2.36. The zero-order valence-electron chi connectivity index (χ0n) is 12.5. The number of carbonyl (C=O) groups is 1. The molecule has 0 aromatic heterocycles. The van der Waals surface area contributed by atoms with E-state index in [0.717, 1.165) is 19.3 Å². The van der Waals surface area contributed by atoms with E-state index in [1.54, 1.807) is 0 Å². The first kappa shape index (κ1) is 14.3. The van der Waals surface area contributed by atoms with Crippen molar-refractivity contribution in [2.24, 2.45) is 5.92 Å². The number of hydrogen-bond donors (Lipinski definition) is 1. The van der Waals surface area contributed by atoms with Gasteiger partial charge in [0.05, 0.1) is 13.0 Å². The SMILES string of the molecule is C=CCc1ccc(C2CC3CCC(N3)C2C(=O)OC)cc1. The zero-order valence-corrected chi connectivity index (χ0v) is 12.5. The Labute approximate surface area is 126 Å². The minimum Gasteiger partial charge on any atom is -0.469 e. The second-order valence-electron chi connectivity index (χ2n) is 6.17. The summed E-state index contributed by atoms with van der Waals surface area (Å²) >= 11 is 0. The number of benzene rings is 1. The highest BCUT2D eigenvalue weighted by atomic mass is 16.5. The molecule has 112 valence electrons. The molecule has 1 aromatic carbocycles. The van der Waals surface area contributed by atoms with E-state index in [2.05, 4.69) is 36.2 Å². The molecule has 2 aliphatic heterocycles. The number of methoxy groups -OCH3 is 1. The first-order chi connectivity index (χ1) is 10.2. The molecule has 2 saturated heterocycles. The first-order valence-corrected chi connectivity index (χ1v) is 7.76. The molecule has 3 rings (SSSR count). The molecule has 0 radical (unpaired) electrons. The molecule has 1 N–H and O–H groups in total. The van der Waals surface area contributed by atoms with Crippen molar-refractivity contribution in [2.45, 2.75) is 43.7 Å². The van der Waals surface area contributed by atoms with Gasteiger partial charge in [0, 0.05) is 18.0 Å². The monoisotopic (exact) mass is 285 g/mol. The van der Waals surface area contributed by atoms with E-state index in [9.17, 15) is 4.79 Å². The standard InChI is InChI=1S/C18H23NO2/c1-3-4-12-5-7-13(8-6-12)15-11-14-9-10-16(19-14)17(15)18(20)21-2/h3,5-8,14-17,19H,1,4,9-11H2,2H3. The van der Waals surface area contributed by atoms with E-state index >= 15 is 0 Å². The van der Waals surface area contributed by atoms with Gasteiger partial charge >= 0.3 is 5.97 Å². The predicted octanol–water partition coefficient (Wildman–Crippen LogP) is 2.81. The predicted molar refractivity (Wildman–Crippen MR) is 83.2 cm³/mol. The van der Waals surface area contributed by atoms with Crippen molar-refractivity contribution in [3.05, 3.63) is 48.0 Å². The Hall–Kier alpha value is -1.61. The van der Waals surface area contributed by atoms with E-state index < -0.39 is 0 Å². The molecule has 3 nitrogen and oxygen atoms in total. The Morgan fingerprint density at radius 3 is 2.81 bits per heavy atom. The van der Waals surface area contributed by atoms with E-state index in [1.807, 2.05) is 6.08 Å². The maximum absolute atomic E-state index is 12.2. The molecule has 21 heavy (non-hydrogen) atoms. The van der Waals surface area contributed by atoms with E-state index in [4.69, 9.17) is 4.74 Å². The number of fused-ring (bicyclic) bond motifs is 2. The average Bonchev–Trinajstić information content (AvgIpc) is 2.89. The van der Waals surface area contributed by atoms with Gasteiger partial charge in [-0.15, -0.1) is 6.58 Å². The van der Waals surface area contributed by atoms with Crippen molar-refractivity contribution < 1.29 is 9.53 Å². The summed E-state index contributed by atoms with van der Waals surface area (Å²) in [6, 6.07) is 9.46. The summed E-state index contributed by atoms with van der Waals surface area (Å²) in [4.78, 5) is 12.2. The summed E-state index contributed by atoms with van der Waals surface area (Å²) in [6.07, 6.45) is 6.07. The molecule has 2 heterocycles. The Bertz CT molecular complexity index is 523. The van der Waals surface area contributed by atoms with Crippen molar-refractivity contribution in [1.29, 1.82) is 0 Å². The number of piperidine rings is 1. The van der Waals surface area contributed by atoms with Gasteiger partial charge in [0.1, 0.15) is 0 Å². The highest BCUT2D eigenvalue weighted by molar-refractivity contribution is 5.75. The van der Waals surface area contributed by atoms with Crippen molar-refractivity contribution in [1.82, 2.24) is 5.32 Å². The van der Waals surface area contributed by atoms with Crippen LogP contribution in [0.25, 0.3) is 0 Å². The van der Waals surface area contributed by atoms with Gasteiger partial charge in [-0.05, 0) is 36.8 Å². The summed E-state index contributed by atoms with van der Waals surface area (Å²) in [5.74, 6) is 0.140. The molecule has 1 aromatic rings. The van der Waals surface area contributed by atoms with Gasteiger partial charge in [-0.3, -0.25) is 4.79 Å². The largest absolute Gasteiger partial charge is 0.469 e. The molecule has 2 fully saturated rings. The summed E-state index contributed by atoms with van der Waals surface area (Å²) in [7, 11) is 1.49. The molecule has 0 amide bonds. The third-order valence-electron chi connectivity index (χ3n) is 4.94. The molecule has 2 bridgehead atoms. The van der Waals surface area contributed by atoms with E-state index in [-0.39, 0.29) is 23.8 Å². The minimum atomic E-state index is -0.0759. The van der Waals surface area contributed by atoms with Gasteiger partial charge in [-0.25, -0.2) is 0 Å². The lowest BCUT2D eigenvalue weighted by atomic mass is 9.77. The number of esters is 1. The lowest BCUT2D eigenvalue weighted by Crippen LogP contribution is -2.48. The van der Waals surface area contributed by atoms with Gasteiger partial charge in [-0.2, -0.15) is 0 Å². The summed E-state index contributed by atoms with van der Waals surface area (Å²) in [6.45, 7) is 3.77. The van der Waals surface area contributed by atoms with Gasteiger partial charge in [-0.1, -0.05) is 30.3 Å². The molecule has 4 unspecified atom stereocenters. The van der Waals surface area contributed by atoms with Gasteiger partial charge in [0.25, 0.3) is 0 Å². The van der Waals surface area contributed by atoms with Crippen molar-refractivity contribution in [2.75, 3.05) is 7.11 Å². The van der Waals surface area contributed by atoms with Crippen LogP contribution in [-0.4, -0.2) is 25.2 Å². The van der Waals surface area contributed by atoms with Gasteiger partial charge in [0.15, 0.2) is 0 Å². The number of hydrogen-bond acceptors (Lipinski definition) is 3. The van der Waals surface area contributed by atoms with Crippen LogP contribution in [0.3, 0.4) is 0 Å². The maximum Gasteiger partial charge on any atom is 0.310 e. The number of rotatable bonds is 4. The second kappa shape index (κ2) is 6.02. The fraction of sp³-hybridized carbons (Fsp3) is 0.500. The summed E-state index contributed by atoms with van der Waals surface area (Å²) < 4.78 is 5.06. The lowest BCUT2D eigenvalue weighted by molar-refractivity contribution is -0.148. The fourth-order valence-electron chi connectivity index (χ4n) is 3.93. The second-order valence-corrected chi connectivity index (χ2v) is 6.17. The van der Waals surface area contributed by atoms with Crippen LogP contribution < -0.4 is 5.32 Å². The van der Waals surface area contributed by atoms with Crippen molar-refractivity contribution >= 4 is 5.97 Å². The number of carbonyl (C=O) groups excluding carboxylic acids is 1. The van der Waals surface area contributed by atoms with Crippen LogP contribution in [0.1, 0.15) is 36.3 Å². The maximum atomic E-state index is 12.2. The Morgan fingerprint density at radius 1 is 1.38 bits per heavy atom. The topological polar surface area (TPSA) is 38.3 Å². The summed E-state index contributed by atoms with van der Waals surface area (Å²) in [5.41, 5.74) is 2.52. The molecule has 0 spiro atoms. The van der Waals surface area contributed by atoms with Crippen LogP contribution in [0, 0.1) is 5.92 Å². The minimum absolute atomic E-state index is 0.0565. The van der Waals surface area contributed by atoms with Crippen LogP contribution in [-0.2, 0) is 16.0 Å². The van der Waals surface area contributed by atoms with Gasteiger partial charge < -0.3 is 10.1 Å². The zero-order chi connectivity index (χ0) is 14.8. The molecule has 3 heteroatoms. The van der Waals surface area contributed by atoms with E-state index in [1.165, 1.54) is 24.7 Å². The van der Waals surface area contributed by atoms with Gasteiger partial charge in [0.2, 0.25) is 0 Å². The summed E-state index contributed by atoms with van der Waals surface area (Å²) in [5, 5.41) is 3.57.